The molecule has 3 fully saturated rings. The van der Waals surface area contributed by atoms with Crippen molar-refractivity contribution in [2.75, 3.05) is 11.9 Å². The van der Waals surface area contributed by atoms with E-state index in [1.165, 1.54) is 35.0 Å². The lowest BCUT2D eigenvalue weighted by molar-refractivity contribution is 0.0731. The molecule has 2 heterocycles. The molecule has 9 heteroatoms. The Kier molecular flexibility index (Phi) is 4.01. The second-order valence-electron chi connectivity index (χ2n) is 7.78. The van der Waals surface area contributed by atoms with Crippen molar-refractivity contribution in [1.82, 2.24) is 14.3 Å². The number of hydrogen-bond acceptors (Lipinski definition) is 6. The molecule has 2 N–H and O–H groups in total. The highest BCUT2D eigenvalue weighted by Crippen LogP contribution is 2.56. The SMILES string of the molecule is O=C(Nc1ccc(S(=O)(=O)N2CC3CC4CC3C2C4O)cc1)c1cnccn1. The molecule has 5 atom stereocenters. The van der Waals surface area contributed by atoms with Gasteiger partial charge >= 0.3 is 0 Å². The number of aliphatic hydroxyl groups is 1. The minimum Gasteiger partial charge on any atom is -0.391 e. The zero-order valence-corrected chi connectivity index (χ0v) is 15.8. The van der Waals surface area contributed by atoms with E-state index in [9.17, 15) is 18.3 Å². The zero-order chi connectivity index (χ0) is 19.5. The number of nitrogens with one attached hydrogen (secondary N) is 1. The summed E-state index contributed by atoms with van der Waals surface area (Å²) < 4.78 is 27.8. The predicted molar refractivity (Wildman–Crippen MR) is 99.8 cm³/mol. The van der Waals surface area contributed by atoms with Crippen molar-refractivity contribution < 1.29 is 18.3 Å². The van der Waals surface area contributed by atoms with E-state index in [-0.39, 0.29) is 28.5 Å². The van der Waals surface area contributed by atoms with Crippen LogP contribution in [0.25, 0.3) is 0 Å². The first kappa shape index (κ1) is 17.7. The molecule has 1 aliphatic heterocycles. The summed E-state index contributed by atoms with van der Waals surface area (Å²) in [6.07, 6.45) is 5.54. The number of fused-ring (bicyclic) bond motifs is 1. The van der Waals surface area contributed by atoms with Crippen LogP contribution in [-0.2, 0) is 10.0 Å². The van der Waals surface area contributed by atoms with Crippen LogP contribution in [0.15, 0.2) is 47.8 Å². The standard InChI is InChI=1S/C19H20N4O4S/c24-18-11-7-12-10-23(17(18)15(12)8-11)28(26,27)14-3-1-13(2-4-14)22-19(25)16-9-20-5-6-21-16/h1-6,9,11-12,15,17-18,24H,7-8,10H2,(H,22,25). The van der Waals surface area contributed by atoms with Gasteiger partial charge in [0, 0.05) is 24.6 Å². The Labute approximate surface area is 162 Å². The Hall–Kier alpha value is -2.36. The molecule has 2 aliphatic carbocycles. The Balaban J connectivity index is 1.35. The smallest absolute Gasteiger partial charge is 0.275 e. The Morgan fingerprint density at radius 2 is 1.93 bits per heavy atom. The van der Waals surface area contributed by atoms with Crippen LogP contribution < -0.4 is 5.32 Å². The molecule has 2 bridgehead atoms. The minimum atomic E-state index is -3.69. The van der Waals surface area contributed by atoms with Crippen LogP contribution in [0.4, 0.5) is 5.69 Å². The van der Waals surface area contributed by atoms with Crippen LogP contribution in [-0.4, -0.2) is 52.4 Å². The van der Waals surface area contributed by atoms with Gasteiger partial charge in [-0.05, 0) is 54.9 Å². The molecule has 5 rings (SSSR count). The third-order valence-corrected chi connectivity index (χ3v) is 8.20. The fourth-order valence-corrected chi connectivity index (χ4v) is 6.83. The van der Waals surface area contributed by atoms with Crippen molar-refractivity contribution in [1.29, 1.82) is 0 Å². The molecule has 0 spiro atoms. The number of carbonyl (C=O) groups is 1. The minimum absolute atomic E-state index is 0.168. The first-order chi connectivity index (χ1) is 13.4. The van der Waals surface area contributed by atoms with Crippen LogP contribution in [0.1, 0.15) is 23.3 Å². The maximum atomic E-state index is 13.2. The molecule has 28 heavy (non-hydrogen) atoms. The number of benzene rings is 1. The monoisotopic (exact) mass is 400 g/mol. The van der Waals surface area contributed by atoms with Crippen molar-refractivity contribution in [2.24, 2.45) is 17.8 Å². The van der Waals surface area contributed by atoms with E-state index < -0.39 is 22.0 Å². The fourth-order valence-electron chi connectivity index (χ4n) is 5.09. The molecule has 8 nitrogen and oxygen atoms in total. The summed E-state index contributed by atoms with van der Waals surface area (Å²) in [6.45, 7) is 0.483. The molecule has 3 aliphatic rings. The molecule has 1 aromatic heterocycles. The summed E-state index contributed by atoms with van der Waals surface area (Å²) >= 11 is 0. The molecule has 1 aromatic carbocycles. The second-order valence-corrected chi connectivity index (χ2v) is 9.67. The van der Waals surface area contributed by atoms with Gasteiger partial charge in [-0.3, -0.25) is 9.78 Å². The Morgan fingerprint density at radius 1 is 1.14 bits per heavy atom. The van der Waals surface area contributed by atoms with Gasteiger partial charge in [-0.15, -0.1) is 0 Å². The number of sulfonamides is 1. The number of hydrogen-bond donors (Lipinski definition) is 2. The summed E-state index contributed by atoms with van der Waals surface area (Å²) in [4.78, 5) is 20.1. The number of carbonyl (C=O) groups excluding carboxylic acids is 1. The number of aliphatic hydroxyl groups excluding tert-OH is 1. The van der Waals surface area contributed by atoms with Crippen molar-refractivity contribution in [3.8, 4) is 0 Å². The van der Waals surface area contributed by atoms with Gasteiger partial charge in [-0.25, -0.2) is 13.4 Å². The van der Waals surface area contributed by atoms with E-state index in [0.717, 1.165) is 12.8 Å². The highest BCUT2D eigenvalue weighted by molar-refractivity contribution is 7.89. The Morgan fingerprint density at radius 3 is 2.61 bits per heavy atom. The molecular formula is C19H20N4O4S. The summed E-state index contributed by atoms with van der Waals surface area (Å²) in [5.74, 6) is 0.456. The van der Waals surface area contributed by atoms with Crippen molar-refractivity contribution in [3.05, 3.63) is 48.5 Å². The van der Waals surface area contributed by atoms with Gasteiger partial charge in [0.05, 0.1) is 23.2 Å². The van der Waals surface area contributed by atoms with Crippen LogP contribution in [0.2, 0.25) is 0 Å². The van der Waals surface area contributed by atoms with Crippen molar-refractivity contribution in [3.63, 3.8) is 0 Å². The molecule has 2 aromatic rings. The first-order valence-corrected chi connectivity index (χ1v) is 10.8. The number of anilines is 1. The van der Waals surface area contributed by atoms with Crippen molar-refractivity contribution in [2.45, 2.75) is 29.9 Å². The molecule has 1 saturated heterocycles. The van der Waals surface area contributed by atoms with E-state index in [4.69, 9.17) is 0 Å². The second kappa shape index (κ2) is 6.33. The van der Waals surface area contributed by atoms with Crippen LogP contribution >= 0.6 is 0 Å². The fraction of sp³-hybridized carbons (Fsp3) is 0.421. The maximum absolute atomic E-state index is 13.2. The summed E-state index contributed by atoms with van der Waals surface area (Å²) in [5, 5.41) is 13.1. The number of aromatic nitrogens is 2. The zero-order valence-electron chi connectivity index (χ0n) is 15.0. The van der Waals surface area contributed by atoms with Crippen LogP contribution in [0, 0.1) is 17.8 Å². The van der Waals surface area contributed by atoms with Crippen LogP contribution in [0.5, 0.6) is 0 Å². The number of nitrogens with zero attached hydrogens (tertiary/aromatic N) is 3. The predicted octanol–water partition coefficient (Wildman–Crippen LogP) is 1.12. The third-order valence-electron chi connectivity index (χ3n) is 6.32. The highest BCUT2D eigenvalue weighted by atomic mass is 32.2. The number of rotatable bonds is 4. The third kappa shape index (κ3) is 2.65. The lowest BCUT2D eigenvalue weighted by Crippen LogP contribution is -2.43. The molecule has 1 amide bonds. The molecule has 0 radical (unpaired) electrons. The maximum Gasteiger partial charge on any atom is 0.275 e. The van der Waals surface area contributed by atoms with E-state index in [1.807, 2.05) is 0 Å². The molecule has 2 saturated carbocycles. The van der Waals surface area contributed by atoms with E-state index in [2.05, 4.69) is 15.3 Å². The first-order valence-electron chi connectivity index (χ1n) is 9.32. The van der Waals surface area contributed by atoms with E-state index in [1.54, 1.807) is 12.1 Å². The van der Waals surface area contributed by atoms with Gasteiger partial charge in [0.1, 0.15) is 5.69 Å². The molecule has 5 unspecified atom stereocenters. The molecular weight excluding hydrogens is 380 g/mol. The van der Waals surface area contributed by atoms with Crippen LogP contribution in [0.3, 0.4) is 0 Å². The van der Waals surface area contributed by atoms with Gasteiger partial charge in [0.2, 0.25) is 10.0 Å². The summed E-state index contributed by atoms with van der Waals surface area (Å²) in [5.41, 5.74) is 0.647. The summed E-state index contributed by atoms with van der Waals surface area (Å²) in [7, 11) is -3.69. The van der Waals surface area contributed by atoms with E-state index >= 15 is 0 Å². The quantitative estimate of drug-likeness (QED) is 0.795. The molecule has 146 valence electrons. The average Bonchev–Trinajstić information content (AvgIpc) is 3.32. The highest BCUT2D eigenvalue weighted by Gasteiger charge is 2.61. The largest absolute Gasteiger partial charge is 0.391 e. The van der Waals surface area contributed by atoms with Gasteiger partial charge < -0.3 is 10.4 Å². The summed E-state index contributed by atoms with van der Waals surface area (Å²) in [6, 6.07) is 5.78. The lowest BCUT2D eigenvalue weighted by Gasteiger charge is -2.28. The number of amides is 1. The lowest BCUT2D eigenvalue weighted by atomic mass is 9.88. The van der Waals surface area contributed by atoms with Gasteiger partial charge in [0.25, 0.3) is 5.91 Å². The van der Waals surface area contributed by atoms with Gasteiger partial charge in [-0.1, -0.05) is 0 Å². The van der Waals surface area contributed by atoms with Gasteiger partial charge in [-0.2, -0.15) is 4.31 Å². The van der Waals surface area contributed by atoms with Crippen molar-refractivity contribution >= 4 is 21.6 Å². The normalized spacial score (nSPS) is 31.2. The van der Waals surface area contributed by atoms with E-state index in [0.29, 0.717) is 18.2 Å². The Bertz CT molecular complexity index is 1010. The van der Waals surface area contributed by atoms with Gasteiger partial charge in [0.15, 0.2) is 0 Å². The average molecular weight is 400 g/mol. The topological polar surface area (TPSA) is 112 Å².